The second kappa shape index (κ2) is 4.27. The van der Waals surface area contributed by atoms with Crippen LogP contribution in [0.5, 0.6) is 0 Å². The Morgan fingerprint density at radius 2 is 1.00 bits per heavy atom. The van der Waals surface area contributed by atoms with Crippen LogP contribution in [0.4, 0.5) is 4.79 Å². The molecule has 0 unspecified atom stereocenters. The molecule has 2 aliphatic heterocycles. The third kappa shape index (κ3) is 2.34. The van der Waals surface area contributed by atoms with Crippen LogP contribution in [0.3, 0.4) is 0 Å². The molecule has 0 bridgehead atoms. The maximum atomic E-state index is 11.0. The maximum Gasteiger partial charge on any atom is 0.873 e. The molecule has 0 radical (unpaired) electrons. The van der Waals surface area contributed by atoms with E-state index in [-0.39, 0.29) is 0 Å². The molecule has 0 aromatic rings. The molecule has 0 saturated carbocycles. The second-order valence-corrected chi connectivity index (χ2v) is 2.68. The molecule has 0 aliphatic carbocycles. The lowest BCUT2D eigenvalue weighted by molar-refractivity contribution is -0.150. The summed E-state index contributed by atoms with van der Waals surface area (Å²) < 4.78 is 24.7. The number of hydrogen-bond donors (Lipinski definition) is 0. The Labute approximate surface area is 97.5 Å². The summed E-state index contributed by atoms with van der Waals surface area (Å²) in [5, 5.41) is 0. The summed E-state index contributed by atoms with van der Waals surface area (Å²) in [5.74, 6) is -5.42. The summed E-state index contributed by atoms with van der Waals surface area (Å²) >= 11 is 0. The van der Waals surface area contributed by atoms with Gasteiger partial charge in [-0.3, -0.25) is 0 Å². The molecule has 0 aromatic heterocycles. The third-order valence-electron chi connectivity index (χ3n) is 1.53. The van der Waals surface area contributed by atoms with Crippen molar-refractivity contribution in [1.82, 2.24) is 0 Å². The van der Waals surface area contributed by atoms with Crippen molar-refractivity contribution in [3.8, 4) is 0 Å². The number of carbonyl (C=O) groups is 5. The minimum Gasteiger partial charge on any atom is -0.453 e. The highest BCUT2D eigenvalue weighted by molar-refractivity contribution is 6.58. The van der Waals surface area contributed by atoms with Gasteiger partial charge in [0.05, 0.1) is 0 Å². The SMILES string of the molecule is O=C(OB1OC(=O)C(=O)O1)OB1OC(=O)C(=O)O1. The Hall–Kier alpha value is -2.72. The van der Waals surface area contributed by atoms with Crippen molar-refractivity contribution in [3.63, 3.8) is 0 Å². The fourth-order valence-electron chi connectivity index (χ4n) is 0.871. The minimum atomic E-state index is -1.91. The van der Waals surface area contributed by atoms with Gasteiger partial charge in [-0.2, -0.15) is 0 Å². The van der Waals surface area contributed by atoms with Gasteiger partial charge in [0.2, 0.25) is 0 Å². The fourth-order valence-corrected chi connectivity index (χ4v) is 0.871. The summed E-state index contributed by atoms with van der Waals surface area (Å²) in [6, 6.07) is 0. The lowest BCUT2D eigenvalue weighted by Gasteiger charge is -2.05. The van der Waals surface area contributed by atoms with Crippen LogP contribution in [-0.2, 0) is 47.1 Å². The van der Waals surface area contributed by atoms with Gasteiger partial charge in [0.1, 0.15) is 0 Å². The standard InChI is InChI=1S/C5B2O11/c8-1-2(9)14-6(13-1)17-5(12)18-7-15-3(10)4(11)16-7. The van der Waals surface area contributed by atoms with E-state index >= 15 is 0 Å². The number of carbonyl (C=O) groups excluding carboxylic acids is 5. The van der Waals surface area contributed by atoms with E-state index in [1.807, 2.05) is 0 Å². The van der Waals surface area contributed by atoms with Gasteiger partial charge in [-0.25, -0.2) is 24.0 Å². The molecule has 0 N–H and O–H groups in total. The highest BCUT2D eigenvalue weighted by Crippen LogP contribution is 2.09. The van der Waals surface area contributed by atoms with Crippen LogP contribution in [0.15, 0.2) is 0 Å². The zero-order chi connectivity index (χ0) is 13.3. The van der Waals surface area contributed by atoms with Gasteiger partial charge >= 0.3 is 44.7 Å². The van der Waals surface area contributed by atoms with Gasteiger partial charge in [-0.1, -0.05) is 0 Å². The predicted molar refractivity (Wildman–Crippen MR) is 43.4 cm³/mol. The molecule has 2 fully saturated rings. The van der Waals surface area contributed by atoms with Crippen LogP contribution >= 0.6 is 0 Å². The lowest BCUT2D eigenvalue weighted by atomic mass is 10.2. The fraction of sp³-hybridized carbons (Fsp3) is 0. The van der Waals surface area contributed by atoms with Crippen LogP contribution in [-0.4, -0.2) is 44.7 Å². The van der Waals surface area contributed by atoms with E-state index in [0.29, 0.717) is 0 Å². The van der Waals surface area contributed by atoms with Gasteiger partial charge in [-0.15, -0.1) is 0 Å². The summed E-state index contributed by atoms with van der Waals surface area (Å²) in [6.07, 6.45) is -1.56. The number of hydrogen-bond acceptors (Lipinski definition) is 11. The van der Waals surface area contributed by atoms with Crippen molar-refractivity contribution in [2.24, 2.45) is 0 Å². The Bertz CT molecular complexity index is 384. The van der Waals surface area contributed by atoms with E-state index in [4.69, 9.17) is 0 Å². The van der Waals surface area contributed by atoms with Gasteiger partial charge < -0.3 is 27.9 Å². The molecule has 0 spiro atoms. The summed E-state index contributed by atoms with van der Waals surface area (Å²) in [4.78, 5) is 53.1. The normalized spacial score (nSPS) is 18.0. The van der Waals surface area contributed by atoms with Crippen LogP contribution < -0.4 is 0 Å². The molecule has 18 heavy (non-hydrogen) atoms. The Kier molecular flexibility index (Phi) is 2.79. The maximum absolute atomic E-state index is 11.0. The topological polar surface area (TPSA) is 141 Å². The minimum absolute atomic E-state index is 1.36. The van der Waals surface area contributed by atoms with Crippen molar-refractivity contribution in [2.45, 2.75) is 0 Å². The average Bonchev–Trinajstić information content (AvgIpc) is 2.72. The molecule has 11 nitrogen and oxygen atoms in total. The van der Waals surface area contributed by atoms with E-state index in [0.717, 1.165) is 0 Å². The third-order valence-corrected chi connectivity index (χ3v) is 1.53. The Morgan fingerprint density at radius 1 is 0.722 bits per heavy atom. The monoisotopic (exact) mass is 258 g/mol. The van der Waals surface area contributed by atoms with Gasteiger partial charge in [-0.05, 0) is 0 Å². The predicted octanol–water partition coefficient (Wildman–Crippen LogP) is -2.69. The summed E-state index contributed by atoms with van der Waals surface area (Å²) in [7, 11) is -3.82. The quantitative estimate of drug-likeness (QED) is 0.377. The highest BCUT2D eigenvalue weighted by Gasteiger charge is 2.51. The van der Waals surface area contributed by atoms with Crippen LogP contribution in [0.2, 0.25) is 0 Å². The van der Waals surface area contributed by atoms with Crippen molar-refractivity contribution < 1.29 is 51.9 Å². The molecular formula is C5B2O11. The zero-order valence-electron chi connectivity index (χ0n) is 8.15. The van der Waals surface area contributed by atoms with E-state index < -0.39 is 44.7 Å². The van der Waals surface area contributed by atoms with Crippen molar-refractivity contribution >= 4 is 44.7 Å². The molecule has 92 valence electrons. The van der Waals surface area contributed by atoms with Crippen molar-refractivity contribution in [2.75, 3.05) is 0 Å². The molecule has 2 aliphatic rings. The van der Waals surface area contributed by atoms with Crippen molar-refractivity contribution in [1.29, 1.82) is 0 Å². The Morgan fingerprint density at radius 3 is 1.28 bits per heavy atom. The smallest absolute Gasteiger partial charge is 0.453 e. The number of rotatable bonds is 2. The van der Waals surface area contributed by atoms with E-state index in [1.165, 1.54) is 0 Å². The van der Waals surface area contributed by atoms with Gasteiger partial charge in [0.25, 0.3) is 0 Å². The largest absolute Gasteiger partial charge is 0.873 e. The van der Waals surface area contributed by atoms with Crippen molar-refractivity contribution in [3.05, 3.63) is 0 Å². The van der Waals surface area contributed by atoms with Crippen LogP contribution in [0, 0.1) is 0 Å². The van der Waals surface area contributed by atoms with E-state index in [9.17, 15) is 24.0 Å². The van der Waals surface area contributed by atoms with Gasteiger partial charge in [0.15, 0.2) is 0 Å². The highest BCUT2D eigenvalue weighted by atomic mass is 16.9. The van der Waals surface area contributed by atoms with Crippen LogP contribution in [0.25, 0.3) is 0 Å². The Balaban J connectivity index is 1.80. The summed E-state index contributed by atoms with van der Waals surface area (Å²) in [6.45, 7) is 0. The van der Waals surface area contributed by atoms with Gasteiger partial charge in [0, 0.05) is 0 Å². The molecule has 2 heterocycles. The second-order valence-electron chi connectivity index (χ2n) is 2.68. The molecule has 13 heteroatoms. The lowest BCUT2D eigenvalue weighted by Crippen LogP contribution is -2.31. The molecular weight excluding hydrogens is 258 g/mol. The van der Waals surface area contributed by atoms with Crippen LogP contribution in [0.1, 0.15) is 0 Å². The first kappa shape index (κ1) is 11.8. The van der Waals surface area contributed by atoms with E-state index in [1.54, 1.807) is 0 Å². The molecule has 0 aromatic carbocycles. The van der Waals surface area contributed by atoms with E-state index in [2.05, 4.69) is 27.9 Å². The first-order valence-electron chi connectivity index (χ1n) is 4.16. The zero-order valence-corrected chi connectivity index (χ0v) is 8.15. The average molecular weight is 258 g/mol. The molecule has 0 amide bonds. The molecule has 0 atom stereocenters. The first-order valence-corrected chi connectivity index (χ1v) is 4.16. The molecule has 2 saturated heterocycles. The molecule has 2 rings (SSSR count). The first-order chi connectivity index (χ1) is 8.45. The summed E-state index contributed by atoms with van der Waals surface area (Å²) in [5.41, 5.74) is 0.